The number of aromatic amines is 1. The molecular formula is C9H17N5O2. The number of amides is 1. The van der Waals surface area contributed by atoms with E-state index in [0.29, 0.717) is 24.7 Å². The van der Waals surface area contributed by atoms with Crippen LogP contribution < -0.4 is 16.0 Å². The molecule has 0 unspecified atom stereocenters. The molecule has 0 radical (unpaired) electrons. The minimum absolute atomic E-state index is 0.0832. The Balaban J connectivity index is 2.37. The van der Waals surface area contributed by atoms with E-state index in [2.05, 4.69) is 15.5 Å². The molecule has 0 atom stereocenters. The number of hydrogen-bond donors (Lipinski definition) is 3. The fourth-order valence-corrected chi connectivity index (χ4v) is 1.24. The van der Waals surface area contributed by atoms with Gasteiger partial charge in [-0.25, -0.2) is 0 Å². The molecule has 4 N–H and O–H groups in total. The highest BCUT2D eigenvalue weighted by molar-refractivity contribution is 5.82. The van der Waals surface area contributed by atoms with Gasteiger partial charge in [0.2, 0.25) is 5.91 Å². The van der Waals surface area contributed by atoms with Crippen molar-refractivity contribution in [2.45, 2.75) is 0 Å². The summed E-state index contributed by atoms with van der Waals surface area (Å²) in [5.74, 6) is 0.368. The second kappa shape index (κ2) is 5.96. The van der Waals surface area contributed by atoms with E-state index in [-0.39, 0.29) is 12.5 Å². The van der Waals surface area contributed by atoms with Gasteiger partial charge in [0.1, 0.15) is 5.82 Å². The lowest BCUT2D eigenvalue weighted by atomic mass is 10.4. The van der Waals surface area contributed by atoms with Gasteiger partial charge in [0.25, 0.3) is 0 Å². The van der Waals surface area contributed by atoms with Crippen molar-refractivity contribution in [3.8, 4) is 0 Å². The van der Waals surface area contributed by atoms with Crippen LogP contribution in [0.5, 0.6) is 0 Å². The van der Waals surface area contributed by atoms with Crippen molar-refractivity contribution < 1.29 is 9.53 Å². The molecule has 0 aliphatic carbocycles. The Morgan fingerprint density at radius 3 is 3.06 bits per heavy atom. The maximum Gasteiger partial charge on any atom is 0.239 e. The summed E-state index contributed by atoms with van der Waals surface area (Å²) in [4.78, 5) is 13.2. The Bertz CT molecular complexity index is 338. The Morgan fingerprint density at radius 2 is 2.50 bits per heavy atom. The van der Waals surface area contributed by atoms with Gasteiger partial charge in [0.15, 0.2) is 0 Å². The topological polar surface area (TPSA) is 96.3 Å². The van der Waals surface area contributed by atoms with Crippen LogP contribution in [0.4, 0.5) is 11.5 Å². The Kier molecular flexibility index (Phi) is 4.59. The molecule has 0 saturated carbocycles. The van der Waals surface area contributed by atoms with Gasteiger partial charge in [-0.1, -0.05) is 0 Å². The van der Waals surface area contributed by atoms with E-state index in [1.807, 2.05) is 0 Å². The summed E-state index contributed by atoms with van der Waals surface area (Å²) in [6.07, 6.45) is 1.58. The molecule has 16 heavy (non-hydrogen) atoms. The lowest BCUT2D eigenvalue weighted by Gasteiger charge is -2.17. The molecule has 7 heteroatoms. The highest BCUT2D eigenvalue weighted by Crippen LogP contribution is 2.17. The molecule has 1 rings (SSSR count). The second-order valence-corrected chi connectivity index (χ2v) is 3.37. The van der Waals surface area contributed by atoms with E-state index in [4.69, 9.17) is 10.5 Å². The van der Waals surface area contributed by atoms with Gasteiger partial charge in [0, 0.05) is 20.7 Å². The molecule has 1 amide bonds. The zero-order valence-corrected chi connectivity index (χ0v) is 9.49. The van der Waals surface area contributed by atoms with Gasteiger partial charge >= 0.3 is 0 Å². The van der Waals surface area contributed by atoms with Crippen LogP contribution in [0.3, 0.4) is 0 Å². The van der Waals surface area contributed by atoms with Gasteiger partial charge in [0.05, 0.1) is 25.0 Å². The molecule has 1 aromatic rings. The van der Waals surface area contributed by atoms with Crippen LogP contribution in [0.15, 0.2) is 6.20 Å². The van der Waals surface area contributed by atoms with E-state index in [1.54, 1.807) is 25.3 Å². The smallest absolute Gasteiger partial charge is 0.239 e. The fourth-order valence-electron chi connectivity index (χ4n) is 1.24. The minimum atomic E-state index is -0.0832. The van der Waals surface area contributed by atoms with Crippen molar-refractivity contribution in [2.75, 3.05) is 44.5 Å². The quantitative estimate of drug-likeness (QED) is 0.552. The molecule has 0 aliphatic rings. The van der Waals surface area contributed by atoms with Crippen molar-refractivity contribution in [3.63, 3.8) is 0 Å². The molecule has 1 heterocycles. The summed E-state index contributed by atoms with van der Waals surface area (Å²) in [7, 11) is 3.36. The maximum absolute atomic E-state index is 11.5. The van der Waals surface area contributed by atoms with Gasteiger partial charge in [-0.2, -0.15) is 5.10 Å². The number of rotatable bonds is 6. The van der Waals surface area contributed by atoms with Crippen molar-refractivity contribution in [1.29, 1.82) is 0 Å². The normalized spacial score (nSPS) is 10.1. The summed E-state index contributed by atoms with van der Waals surface area (Å²) in [6.45, 7) is 1.24. The number of aromatic nitrogens is 2. The number of methoxy groups -OCH3 is 1. The van der Waals surface area contributed by atoms with Gasteiger partial charge < -0.3 is 20.7 Å². The van der Waals surface area contributed by atoms with Crippen LogP contribution in [-0.4, -0.2) is 50.0 Å². The van der Waals surface area contributed by atoms with Crippen LogP contribution in [-0.2, 0) is 9.53 Å². The number of nitrogens with zero attached hydrogens (tertiary/aromatic N) is 2. The average molecular weight is 227 g/mol. The van der Waals surface area contributed by atoms with Crippen LogP contribution in [0, 0.1) is 0 Å². The molecule has 7 nitrogen and oxygen atoms in total. The Hall–Kier alpha value is -1.76. The second-order valence-electron chi connectivity index (χ2n) is 3.37. The number of hydrogen-bond acceptors (Lipinski definition) is 5. The molecule has 0 saturated heterocycles. The summed E-state index contributed by atoms with van der Waals surface area (Å²) in [5.41, 5.74) is 6.34. The summed E-state index contributed by atoms with van der Waals surface area (Å²) >= 11 is 0. The third-order valence-electron chi connectivity index (χ3n) is 2.07. The van der Waals surface area contributed by atoms with Crippen molar-refractivity contribution in [2.24, 2.45) is 0 Å². The fraction of sp³-hybridized carbons (Fsp3) is 0.556. The van der Waals surface area contributed by atoms with Gasteiger partial charge in [-0.15, -0.1) is 0 Å². The number of H-pyrrole nitrogens is 1. The number of nitrogens with two attached hydrogens (primary N) is 1. The minimum Gasteiger partial charge on any atom is -0.383 e. The molecule has 0 aliphatic heterocycles. The van der Waals surface area contributed by atoms with Crippen molar-refractivity contribution >= 4 is 17.4 Å². The largest absolute Gasteiger partial charge is 0.383 e. The molecule has 0 aromatic carbocycles. The van der Waals surface area contributed by atoms with Crippen LogP contribution in [0.25, 0.3) is 0 Å². The Labute approximate surface area is 93.9 Å². The molecule has 1 aromatic heterocycles. The van der Waals surface area contributed by atoms with Crippen LogP contribution in [0.2, 0.25) is 0 Å². The number of likely N-dealkylation sites (N-methyl/N-ethyl adjacent to an activating group) is 1. The number of anilines is 2. The molecular weight excluding hydrogens is 210 g/mol. The number of carbonyl (C=O) groups is 1. The lowest BCUT2D eigenvalue weighted by molar-refractivity contribution is -0.119. The first-order valence-corrected chi connectivity index (χ1v) is 4.90. The van der Waals surface area contributed by atoms with Crippen molar-refractivity contribution in [3.05, 3.63) is 6.20 Å². The molecule has 0 fully saturated rings. The lowest BCUT2D eigenvalue weighted by Crippen LogP contribution is -2.36. The van der Waals surface area contributed by atoms with Crippen LogP contribution in [0.1, 0.15) is 0 Å². The van der Waals surface area contributed by atoms with Crippen LogP contribution >= 0.6 is 0 Å². The van der Waals surface area contributed by atoms with E-state index >= 15 is 0 Å². The number of nitrogens with one attached hydrogen (secondary N) is 2. The molecule has 0 bridgehead atoms. The van der Waals surface area contributed by atoms with E-state index in [9.17, 15) is 4.79 Å². The monoisotopic (exact) mass is 227 g/mol. The highest BCUT2D eigenvalue weighted by atomic mass is 16.5. The molecule has 90 valence electrons. The molecule has 0 spiro atoms. The van der Waals surface area contributed by atoms with Gasteiger partial charge in [-0.05, 0) is 0 Å². The van der Waals surface area contributed by atoms with E-state index in [0.717, 1.165) is 0 Å². The maximum atomic E-state index is 11.5. The third-order valence-corrected chi connectivity index (χ3v) is 2.07. The summed E-state index contributed by atoms with van der Waals surface area (Å²) < 4.78 is 4.83. The zero-order chi connectivity index (χ0) is 12.0. The number of carbonyl (C=O) groups excluding carboxylic acids is 1. The number of nitrogen functional groups attached to an aromatic ring is 1. The first-order valence-electron chi connectivity index (χ1n) is 4.90. The SMILES string of the molecule is COCCNC(=O)CN(C)c1cn[nH]c1N. The van der Waals surface area contributed by atoms with Crippen molar-refractivity contribution in [1.82, 2.24) is 15.5 Å². The third kappa shape index (κ3) is 3.43. The predicted octanol–water partition coefficient (Wildman–Crippen LogP) is -0.809. The highest BCUT2D eigenvalue weighted by Gasteiger charge is 2.10. The standard InChI is InChI=1S/C9H17N5O2/c1-14(7-5-12-13-9(7)10)6-8(15)11-3-4-16-2/h5H,3-4,6H2,1-2H3,(H,11,15)(H3,10,12,13). The first kappa shape index (κ1) is 12.3. The predicted molar refractivity (Wildman–Crippen MR) is 61.2 cm³/mol. The first-order chi connectivity index (χ1) is 7.65. The van der Waals surface area contributed by atoms with E-state index in [1.165, 1.54) is 0 Å². The Morgan fingerprint density at radius 1 is 1.75 bits per heavy atom. The number of ether oxygens (including phenoxy) is 1. The van der Waals surface area contributed by atoms with Gasteiger partial charge in [-0.3, -0.25) is 9.89 Å². The average Bonchev–Trinajstić information content (AvgIpc) is 2.65. The zero-order valence-electron chi connectivity index (χ0n) is 9.49. The summed E-state index contributed by atoms with van der Waals surface area (Å²) in [5, 5.41) is 9.11. The summed E-state index contributed by atoms with van der Waals surface area (Å²) in [6, 6.07) is 0. The van der Waals surface area contributed by atoms with E-state index < -0.39 is 0 Å².